The number of allylic oxidation sites excluding steroid dienone is 2. The van der Waals surface area contributed by atoms with Gasteiger partial charge in [-0.2, -0.15) is 5.26 Å². The summed E-state index contributed by atoms with van der Waals surface area (Å²) >= 11 is 0. The molecule has 0 aromatic heterocycles. The largest absolute Gasteiger partial charge is 0.338 e. The van der Waals surface area contributed by atoms with Crippen LogP contribution in [0.25, 0.3) is 0 Å². The molecule has 1 aliphatic carbocycles. The lowest BCUT2D eigenvalue weighted by Crippen LogP contribution is -2.38. The van der Waals surface area contributed by atoms with Crippen LogP contribution in [0.15, 0.2) is 33.0 Å². The van der Waals surface area contributed by atoms with Crippen molar-refractivity contribution in [3.05, 3.63) is 23.0 Å². The average molecular weight is 323 g/mol. The smallest absolute Gasteiger partial charge is 0.266 e. The minimum absolute atomic E-state index is 0.0220. The molecular formula is C18H21N5O. The molecule has 24 heavy (non-hydrogen) atoms. The first kappa shape index (κ1) is 15.1. The molecule has 4 rings (SSSR count). The SMILES string of the molecule is N#CC(C(=O)N1CCCCC1)=C(C1CC1)N1C=NC2CN=CC=C21. The van der Waals surface area contributed by atoms with Crippen LogP contribution in [0, 0.1) is 17.2 Å². The molecule has 1 amide bonds. The molecule has 1 atom stereocenters. The summed E-state index contributed by atoms with van der Waals surface area (Å²) in [4.78, 5) is 25.5. The van der Waals surface area contributed by atoms with E-state index >= 15 is 0 Å². The Balaban J connectivity index is 1.70. The number of piperidine rings is 1. The minimum atomic E-state index is -0.110. The summed E-state index contributed by atoms with van der Waals surface area (Å²) < 4.78 is 0. The Bertz CT molecular complexity index is 701. The van der Waals surface area contributed by atoms with Gasteiger partial charge in [-0.1, -0.05) is 0 Å². The summed E-state index contributed by atoms with van der Waals surface area (Å²) in [5.74, 6) is 0.180. The quantitative estimate of drug-likeness (QED) is 0.588. The van der Waals surface area contributed by atoms with Gasteiger partial charge in [-0.25, -0.2) is 0 Å². The van der Waals surface area contributed by atoms with Crippen LogP contribution in [-0.4, -0.2) is 53.9 Å². The molecule has 2 fully saturated rings. The fraction of sp³-hybridized carbons (Fsp3) is 0.556. The second-order valence-electron chi connectivity index (χ2n) is 6.76. The Hall–Kier alpha value is -2.42. The zero-order chi connectivity index (χ0) is 16.5. The molecule has 0 aromatic rings. The maximum Gasteiger partial charge on any atom is 0.266 e. The van der Waals surface area contributed by atoms with Gasteiger partial charge in [-0.3, -0.25) is 14.8 Å². The molecule has 4 aliphatic rings. The summed E-state index contributed by atoms with van der Waals surface area (Å²) in [6.07, 6.45) is 10.8. The lowest BCUT2D eigenvalue weighted by molar-refractivity contribution is -0.127. The molecule has 0 aromatic carbocycles. The number of hydrogen-bond acceptors (Lipinski definition) is 5. The van der Waals surface area contributed by atoms with E-state index in [0.29, 0.717) is 18.0 Å². The van der Waals surface area contributed by atoms with Crippen molar-refractivity contribution in [2.24, 2.45) is 15.9 Å². The van der Waals surface area contributed by atoms with E-state index < -0.39 is 0 Å². The van der Waals surface area contributed by atoms with Crippen LogP contribution in [-0.2, 0) is 4.79 Å². The highest BCUT2D eigenvalue weighted by atomic mass is 16.2. The fourth-order valence-electron chi connectivity index (χ4n) is 3.62. The van der Waals surface area contributed by atoms with Gasteiger partial charge in [0, 0.05) is 25.2 Å². The van der Waals surface area contributed by atoms with Crippen LogP contribution in [0.1, 0.15) is 32.1 Å². The first-order chi connectivity index (χ1) is 11.8. The first-order valence-corrected chi connectivity index (χ1v) is 8.75. The average Bonchev–Trinajstić information content (AvgIpc) is 3.39. The van der Waals surface area contributed by atoms with Crippen LogP contribution >= 0.6 is 0 Å². The second-order valence-corrected chi connectivity index (χ2v) is 6.76. The van der Waals surface area contributed by atoms with Crippen LogP contribution in [0.5, 0.6) is 0 Å². The molecule has 0 radical (unpaired) electrons. The molecule has 1 unspecified atom stereocenters. The third-order valence-electron chi connectivity index (χ3n) is 5.06. The summed E-state index contributed by atoms with van der Waals surface area (Å²) in [5.41, 5.74) is 2.18. The number of nitriles is 1. The molecule has 1 saturated heterocycles. The van der Waals surface area contributed by atoms with E-state index in [1.54, 1.807) is 12.6 Å². The highest BCUT2D eigenvalue weighted by molar-refractivity contribution is 5.99. The molecule has 124 valence electrons. The van der Waals surface area contributed by atoms with Gasteiger partial charge >= 0.3 is 0 Å². The van der Waals surface area contributed by atoms with Gasteiger partial charge in [0.1, 0.15) is 17.7 Å². The number of carbonyl (C=O) groups is 1. The van der Waals surface area contributed by atoms with Crippen molar-refractivity contribution in [1.29, 1.82) is 5.26 Å². The predicted octanol–water partition coefficient (Wildman–Crippen LogP) is 1.87. The highest BCUT2D eigenvalue weighted by Gasteiger charge is 2.39. The standard InChI is InChI=1S/C18H21N5O/c19-10-14(18(24)22-8-2-1-3-9-22)17(13-4-5-13)23-12-21-15-11-20-7-6-16(15)23/h6-7,12-13,15H,1-5,8-9,11H2. The van der Waals surface area contributed by atoms with Gasteiger partial charge in [0.15, 0.2) is 0 Å². The zero-order valence-electron chi connectivity index (χ0n) is 13.7. The lowest BCUT2D eigenvalue weighted by atomic mass is 10.0. The number of dihydropyridines is 1. The van der Waals surface area contributed by atoms with Crippen LogP contribution < -0.4 is 0 Å². The van der Waals surface area contributed by atoms with E-state index in [1.807, 2.05) is 15.9 Å². The first-order valence-electron chi connectivity index (χ1n) is 8.75. The van der Waals surface area contributed by atoms with Crippen molar-refractivity contribution in [1.82, 2.24) is 9.80 Å². The number of likely N-dealkylation sites (tertiary alicyclic amines) is 1. The molecular weight excluding hydrogens is 302 g/mol. The number of hydrogen-bond donors (Lipinski definition) is 0. The van der Waals surface area contributed by atoms with Gasteiger partial charge in [0.05, 0.1) is 24.3 Å². The van der Waals surface area contributed by atoms with Crippen LogP contribution in [0.3, 0.4) is 0 Å². The minimum Gasteiger partial charge on any atom is -0.338 e. The van der Waals surface area contributed by atoms with E-state index in [1.165, 1.54) is 0 Å². The number of aliphatic imine (C=N–C) groups is 2. The Kier molecular flexibility index (Phi) is 3.93. The summed E-state index contributed by atoms with van der Waals surface area (Å²) in [6.45, 7) is 2.15. The van der Waals surface area contributed by atoms with Crippen molar-refractivity contribution < 1.29 is 4.79 Å². The maximum absolute atomic E-state index is 12.9. The highest BCUT2D eigenvalue weighted by Crippen LogP contribution is 2.42. The number of nitrogens with zero attached hydrogens (tertiary/aromatic N) is 5. The third kappa shape index (κ3) is 2.64. The Morgan fingerprint density at radius 1 is 1.25 bits per heavy atom. The Labute approximate surface area is 141 Å². The van der Waals surface area contributed by atoms with E-state index in [0.717, 1.165) is 56.6 Å². The van der Waals surface area contributed by atoms with E-state index in [9.17, 15) is 10.1 Å². The number of amides is 1. The summed E-state index contributed by atoms with van der Waals surface area (Å²) in [6, 6.07) is 2.24. The summed E-state index contributed by atoms with van der Waals surface area (Å²) in [7, 11) is 0. The summed E-state index contributed by atoms with van der Waals surface area (Å²) in [5, 5.41) is 9.76. The molecule has 0 bridgehead atoms. The van der Waals surface area contributed by atoms with E-state index in [-0.39, 0.29) is 11.9 Å². The number of carbonyl (C=O) groups excluding carboxylic acids is 1. The Morgan fingerprint density at radius 3 is 2.75 bits per heavy atom. The molecule has 0 spiro atoms. The van der Waals surface area contributed by atoms with Gasteiger partial charge in [0.25, 0.3) is 5.91 Å². The van der Waals surface area contributed by atoms with Crippen LogP contribution in [0.2, 0.25) is 0 Å². The predicted molar refractivity (Wildman–Crippen MR) is 91.4 cm³/mol. The topological polar surface area (TPSA) is 72.1 Å². The van der Waals surface area contributed by atoms with Gasteiger partial charge < -0.3 is 9.80 Å². The monoisotopic (exact) mass is 323 g/mol. The van der Waals surface area contributed by atoms with Crippen molar-refractivity contribution in [2.45, 2.75) is 38.1 Å². The molecule has 6 nitrogen and oxygen atoms in total. The van der Waals surface area contributed by atoms with Crippen molar-refractivity contribution in [2.75, 3.05) is 19.6 Å². The number of rotatable bonds is 3. The molecule has 3 heterocycles. The van der Waals surface area contributed by atoms with Gasteiger partial charge in [0.2, 0.25) is 0 Å². The fourth-order valence-corrected chi connectivity index (χ4v) is 3.62. The van der Waals surface area contributed by atoms with Crippen molar-refractivity contribution in [3.63, 3.8) is 0 Å². The maximum atomic E-state index is 12.9. The normalized spacial score (nSPS) is 26.6. The van der Waals surface area contributed by atoms with E-state index in [4.69, 9.17) is 0 Å². The Morgan fingerprint density at radius 2 is 2.04 bits per heavy atom. The molecule has 0 N–H and O–H groups in total. The van der Waals surface area contributed by atoms with Gasteiger partial charge in [-0.05, 0) is 38.2 Å². The van der Waals surface area contributed by atoms with Crippen molar-refractivity contribution >= 4 is 18.5 Å². The van der Waals surface area contributed by atoms with Gasteiger partial charge in [-0.15, -0.1) is 0 Å². The molecule has 6 heteroatoms. The number of fused-ring (bicyclic) bond motifs is 1. The zero-order valence-corrected chi connectivity index (χ0v) is 13.7. The van der Waals surface area contributed by atoms with E-state index in [2.05, 4.69) is 16.1 Å². The molecule has 3 aliphatic heterocycles. The lowest BCUT2D eigenvalue weighted by Gasteiger charge is -2.29. The van der Waals surface area contributed by atoms with Crippen molar-refractivity contribution in [3.8, 4) is 6.07 Å². The third-order valence-corrected chi connectivity index (χ3v) is 5.06. The van der Waals surface area contributed by atoms with Crippen LogP contribution in [0.4, 0.5) is 0 Å². The molecule has 1 saturated carbocycles. The second kappa shape index (κ2) is 6.23.